The number of nitrogens with two attached hydrogens (primary N) is 1. The summed E-state index contributed by atoms with van der Waals surface area (Å²) < 4.78 is 12.4. The summed E-state index contributed by atoms with van der Waals surface area (Å²) >= 11 is 2.18. The van der Waals surface area contributed by atoms with Crippen molar-refractivity contribution in [2.24, 2.45) is 5.73 Å². The molecular weight excluding hydrogens is 505 g/mol. The topological polar surface area (TPSA) is 112 Å². The smallest absolute Gasteiger partial charge is 0.205 e. The Morgan fingerprint density at radius 2 is 1.87 bits per heavy atom. The van der Waals surface area contributed by atoms with E-state index >= 15 is 0 Å². The van der Waals surface area contributed by atoms with Gasteiger partial charge in [-0.25, -0.2) is 0 Å². The number of nitriles is 2. The zero-order valence-electron chi connectivity index (χ0n) is 16.2. The lowest BCUT2D eigenvalue weighted by Crippen LogP contribution is -2.21. The Morgan fingerprint density at radius 3 is 2.61 bits per heavy atom. The second-order valence-corrected chi connectivity index (χ2v) is 8.06. The molecule has 0 aromatic heterocycles. The molecule has 3 N–H and O–H groups in total. The van der Waals surface area contributed by atoms with E-state index in [9.17, 15) is 15.6 Å². The van der Waals surface area contributed by atoms with E-state index in [1.165, 1.54) is 6.07 Å². The maximum absolute atomic E-state index is 9.79. The third kappa shape index (κ3) is 4.00. The predicted octanol–water partition coefficient (Wildman–Crippen LogP) is 4.67. The van der Waals surface area contributed by atoms with Gasteiger partial charge in [0, 0.05) is 17.2 Å². The quantitative estimate of drug-likeness (QED) is 0.483. The molecule has 0 bridgehead atoms. The maximum atomic E-state index is 9.79. The minimum absolute atomic E-state index is 0.0223. The highest BCUT2D eigenvalue weighted by molar-refractivity contribution is 14.1. The van der Waals surface area contributed by atoms with Gasteiger partial charge in [0.05, 0.1) is 21.1 Å². The van der Waals surface area contributed by atoms with Crippen LogP contribution in [0, 0.1) is 26.2 Å². The zero-order chi connectivity index (χ0) is 22.0. The Bertz CT molecular complexity index is 1290. The molecule has 0 aliphatic carbocycles. The van der Waals surface area contributed by atoms with Gasteiger partial charge < -0.3 is 20.3 Å². The van der Waals surface area contributed by atoms with Crippen molar-refractivity contribution in [1.29, 1.82) is 10.5 Å². The first-order chi connectivity index (χ1) is 15.0. The summed E-state index contributed by atoms with van der Waals surface area (Å²) in [5.74, 6) is 0.752. The van der Waals surface area contributed by atoms with Crippen molar-refractivity contribution in [3.63, 3.8) is 0 Å². The number of fused-ring (bicyclic) bond motifs is 1. The van der Waals surface area contributed by atoms with Crippen molar-refractivity contribution in [2.75, 3.05) is 0 Å². The van der Waals surface area contributed by atoms with Crippen LogP contribution in [0.15, 0.2) is 72.1 Å². The molecule has 0 amide bonds. The number of hydrogen-bond acceptors (Lipinski definition) is 6. The highest BCUT2D eigenvalue weighted by Crippen LogP contribution is 2.44. The van der Waals surface area contributed by atoms with Crippen LogP contribution in [0.2, 0.25) is 0 Å². The molecule has 7 heteroatoms. The molecule has 1 atom stereocenters. The van der Waals surface area contributed by atoms with E-state index in [4.69, 9.17) is 15.2 Å². The van der Waals surface area contributed by atoms with Gasteiger partial charge in [-0.05, 0) is 52.4 Å². The molecule has 0 spiro atoms. The highest BCUT2D eigenvalue weighted by Gasteiger charge is 2.31. The number of halogens is 1. The summed E-state index contributed by atoms with van der Waals surface area (Å²) in [6.45, 7) is 0.273. The Morgan fingerprint density at radius 1 is 1.06 bits per heavy atom. The van der Waals surface area contributed by atoms with Crippen molar-refractivity contribution in [1.82, 2.24) is 0 Å². The van der Waals surface area contributed by atoms with Crippen molar-refractivity contribution >= 4 is 22.6 Å². The molecule has 31 heavy (non-hydrogen) atoms. The van der Waals surface area contributed by atoms with E-state index in [2.05, 4.69) is 34.7 Å². The SMILES string of the molecule is N#CC1=C(N)Oc2cc(O)ccc2[C@H]1c1ccc(OCc2ccccc2C#N)c(I)c1. The fraction of sp³-hybridized carbons (Fsp3) is 0.0833. The lowest BCUT2D eigenvalue weighted by molar-refractivity contribution is 0.303. The monoisotopic (exact) mass is 521 g/mol. The second-order valence-electron chi connectivity index (χ2n) is 6.89. The molecule has 1 aliphatic rings. The number of phenolic OH excluding ortho intramolecular Hbond substituents is 1. The average molecular weight is 521 g/mol. The Balaban J connectivity index is 1.66. The lowest BCUT2D eigenvalue weighted by Gasteiger charge is -2.26. The van der Waals surface area contributed by atoms with E-state index in [1.54, 1.807) is 18.2 Å². The Hall–Kier alpha value is -3.69. The van der Waals surface area contributed by atoms with Gasteiger partial charge in [0.15, 0.2) is 0 Å². The fourth-order valence-corrected chi connectivity index (χ4v) is 4.21. The molecule has 152 valence electrons. The van der Waals surface area contributed by atoms with E-state index in [-0.39, 0.29) is 18.2 Å². The molecule has 0 fully saturated rings. The number of aromatic hydroxyl groups is 1. The molecule has 3 aromatic rings. The van der Waals surface area contributed by atoms with Crippen LogP contribution in [0.3, 0.4) is 0 Å². The van der Waals surface area contributed by atoms with Crippen LogP contribution in [-0.2, 0) is 6.61 Å². The molecule has 1 heterocycles. The second kappa shape index (κ2) is 8.58. The van der Waals surface area contributed by atoms with Gasteiger partial charge in [-0.2, -0.15) is 10.5 Å². The molecule has 1 aliphatic heterocycles. The van der Waals surface area contributed by atoms with Crippen molar-refractivity contribution in [3.05, 3.63) is 97.9 Å². The predicted molar refractivity (Wildman–Crippen MR) is 122 cm³/mol. The molecule has 3 aromatic carbocycles. The van der Waals surface area contributed by atoms with Crippen molar-refractivity contribution in [2.45, 2.75) is 12.5 Å². The van der Waals surface area contributed by atoms with Gasteiger partial charge >= 0.3 is 0 Å². The van der Waals surface area contributed by atoms with E-state index in [0.29, 0.717) is 22.6 Å². The van der Waals surface area contributed by atoms with Crippen LogP contribution in [-0.4, -0.2) is 5.11 Å². The zero-order valence-corrected chi connectivity index (χ0v) is 18.3. The van der Waals surface area contributed by atoms with Crippen LogP contribution in [0.25, 0.3) is 0 Å². The highest BCUT2D eigenvalue weighted by atomic mass is 127. The third-order valence-corrected chi connectivity index (χ3v) is 5.86. The summed E-state index contributed by atoms with van der Waals surface area (Å²) in [6, 6.07) is 22.1. The number of ether oxygens (including phenoxy) is 2. The first-order valence-electron chi connectivity index (χ1n) is 9.32. The standard InChI is InChI=1S/C24H16IN3O3/c25-20-9-14(5-8-21(20)30-13-16-4-2-1-3-15(16)11-26)23-18-7-6-17(29)10-22(18)31-24(28)19(23)12-27/h1-10,23,29H,13,28H2/t23-/m1/s1. The van der Waals surface area contributed by atoms with E-state index in [0.717, 1.165) is 20.3 Å². The van der Waals surface area contributed by atoms with Gasteiger partial charge in [-0.15, -0.1) is 0 Å². The molecule has 0 unspecified atom stereocenters. The van der Waals surface area contributed by atoms with Gasteiger partial charge in [0.2, 0.25) is 5.88 Å². The summed E-state index contributed by atoms with van der Waals surface area (Å²) in [5, 5.41) is 28.7. The minimum Gasteiger partial charge on any atom is -0.508 e. The largest absolute Gasteiger partial charge is 0.508 e. The summed E-state index contributed by atoms with van der Waals surface area (Å²) in [4.78, 5) is 0. The first-order valence-corrected chi connectivity index (χ1v) is 10.4. The van der Waals surface area contributed by atoms with Gasteiger partial charge in [-0.3, -0.25) is 0 Å². The van der Waals surface area contributed by atoms with Crippen LogP contribution in [0.1, 0.15) is 28.2 Å². The van der Waals surface area contributed by atoms with Crippen LogP contribution in [0.5, 0.6) is 17.2 Å². The Labute approximate surface area is 192 Å². The van der Waals surface area contributed by atoms with Gasteiger partial charge in [0.1, 0.15) is 35.5 Å². The number of rotatable bonds is 4. The first kappa shape index (κ1) is 20.6. The van der Waals surface area contributed by atoms with Crippen LogP contribution >= 0.6 is 22.6 Å². The van der Waals surface area contributed by atoms with E-state index < -0.39 is 5.92 Å². The maximum Gasteiger partial charge on any atom is 0.205 e. The number of benzene rings is 3. The molecule has 0 saturated heterocycles. The third-order valence-electron chi connectivity index (χ3n) is 5.01. The van der Waals surface area contributed by atoms with Crippen molar-refractivity contribution < 1.29 is 14.6 Å². The lowest BCUT2D eigenvalue weighted by atomic mass is 9.83. The molecule has 0 radical (unpaired) electrons. The van der Waals surface area contributed by atoms with Gasteiger partial charge in [-0.1, -0.05) is 30.3 Å². The number of phenols is 1. The molecular formula is C24H16IN3O3. The van der Waals surface area contributed by atoms with Gasteiger partial charge in [0.25, 0.3) is 0 Å². The molecule has 0 saturated carbocycles. The minimum atomic E-state index is -0.420. The van der Waals surface area contributed by atoms with Crippen LogP contribution < -0.4 is 15.2 Å². The number of nitrogens with zero attached hydrogens (tertiary/aromatic N) is 2. The summed E-state index contributed by atoms with van der Waals surface area (Å²) in [6.07, 6.45) is 0. The molecule has 4 rings (SSSR count). The molecule has 6 nitrogen and oxygen atoms in total. The van der Waals surface area contributed by atoms with E-state index in [1.807, 2.05) is 36.4 Å². The number of hydrogen-bond donors (Lipinski definition) is 2. The van der Waals surface area contributed by atoms with Crippen LogP contribution in [0.4, 0.5) is 0 Å². The summed E-state index contributed by atoms with van der Waals surface area (Å²) in [7, 11) is 0. The number of allylic oxidation sites excluding steroid dienone is 1. The Kier molecular flexibility index (Phi) is 5.70. The summed E-state index contributed by atoms with van der Waals surface area (Å²) in [5.41, 5.74) is 9.29. The van der Waals surface area contributed by atoms with Crippen molar-refractivity contribution in [3.8, 4) is 29.4 Å². The fourth-order valence-electron chi connectivity index (χ4n) is 3.51. The normalized spacial score (nSPS) is 14.7. The average Bonchev–Trinajstić information content (AvgIpc) is 2.77.